The van der Waals surface area contributed by atoms with Crippen LogP contribution in [0, 0.1) is 5.82 Å². The largest absolute Gasteiger partial charge is 0.309 e. The molecule has 0 saturated carbocycles. The Morgan fingerprint density at radius 3 is 2.88 bits per heavy atom. The smallest absolute Gasteiger partial charge is 0.127 e. The Bertz CT molecular complexity index is 386. The lowest BCUT2D eigenvalue weighted by atomic mass is 10.2. The molecule has 0 spiro atoms. The molecule has 2 unspecified atom stereocenters. The number of halogens is 2. The Morgan fingerprint density at radius 2 is 2.25 bits per heavy atom. The second-order valence-electron chi connectivity index (χ2n) is 3.76. The van der Waals surface area contributed by atoms with E-state index in [1.54, 1.807) is 18.4 Å². The molecule has 2 nitrogen and oxygen atoms in total. The van der Waals surface area contributed by atoms with Crippen molar-refractivity contribution < 1.29 is 8.60 Å². The third kappa shape index (κ3) is 4.72. The van der Waals surface area contributed by atoms with Crippen LogP contribution < -0.4 is 5.32 Å². The molecule has 0 aliphatic heterocycles. The lowest BCUT2D eigenvalue weighted by molar-refractivity contribution is 0.553. The molecular formula is C11H15BrFNOS. The van der Waals surface area contributed by atoms with E-state index >= 15 is 0 Å². The molecular weight excluding hydrogens is 293 g/mol. The topological polar surface area (TPSA) is 29.1 Å². The summed E-state index contributed by atoms with van der Waals surface area (Å²) >= 11 is 3.30. The maximum absolute atomic E-state index is 13.4. The lowest BCUT2D eigenvalue weighted by Crippen LogP contribution is -2.30. The van der Waals surface area contributed by atoms with Crippen LogP contribution in [0.2, 0.25) is 0 Å². The summed E-state index contributed by atoms with van der Waals surface area (Å²) in [5.41, 5.74) is 0.614. The van der Waals surface area contributed by atoms with Gasteiger partial charge in [0.05, 0.1) is 0 Å². The molecule has 90 valence electrons. The zero-order chi connectivity index (χ0) is 12.1. The van der Waals surface area contributed by atoms with Crippen molar-refractivity contribution in [3.63, 3.8) is 0 Å². The van der Waals surface area contributed by atoms with Crippen LogP contribution in [0.25, 0.3) is 0 Å². The van der Waals surface area contributed by atoms with Gasteiger partial charge in [0.2, 0.25) is 0 Å². The van der Waals surface area contributed by atoms with E-state index in [2.05, 4.69) is 21.2 Å². The molecule has 5 heteroatoms. The first-order valence-corrected chi connectivity index (χ1v) is 7.48. The van der Waals surface area contributed by atoms with Gasteiger partial charge in [0.1, 0.15) is 5.82 Å². The van der Waals surface area contributed by atoms with Gasteiger partial charge in [-0.1, -0.05) is 15.9 Å². The summed E-state index contributed by atoms with van der Waals surface area (Å²) in [4.78, 5) is 0. The van der Waals surface area contributed by atoms with Crippen LogP contribution >= 0.6 is 15.9 Å². The summed E-state index contributed by atoms with van der Waals surface area (Å²) in [5, 5.41) is 3.14. The zero-order valence-corrected chi connectivity index (χ0v) is 11.7. The average Bonchev–Trinajstić information content (AvgIpc) is 2.18. The molecule has 0 aliphatic rings. The first-order valence-electron chi connectivity index (χ1n) is 4.96. The lowest BCUT2D eigenvalue weighted by Gasteiger charge is -2.12. The van der Waals surface area contributed by atoms with Gasteiger partial charge in [0.25, 0.3) is 0 Å². The predicted molar refractivity (Wildman–Crippen MR) is 69.3 cm³/mol. The molecule has 1 aromatic rings. The van der Waals surface area contributed by atoms with Gasteiger partial charge >= 0.3 is 0 Å². The highest BCUT2D eigenvalue weighted by atomic mass is 79.9. The second-order valence-corrected chi connectivity index (χ2v) is 6.15. The van der Waals surface area contributed by atoms with Crippen molar-refractivity contribution in [2.75, 3.05) is 12.0 Å². The average molecular weight is 308 g/mol. The maximum Gasteiger partial charge on any atom is 0.127 e. The summed E-state index contributed by atoms with van der Waals surface area (Å²) in [6.07, 6.45) is 1.66. The molecule has 0 saturated heterocycles. The van der Waals surface area contributed by atoms with E-state index in [9.17, 15) is 8.60 Å². The van der Waals surface area contributed by atoms with Crippen LogP contribution in [0.15, 0.2) is 22.7 Å². The van der Waals surface area contributed by atoms with Crippen molar-refractivity contribution in [3.05, 3.63) is 34.1 Å². The Balaban J connectivity index is 2.54. The van der Waals surface area contributed by atoms with Gasteiger partial charge in [-0.25, -0.2) is 4.39 Å². The predicted octanol–water partition coefficient (Wildman–Crippen LogP) is 2.44. The fourth-order valence-electron chi connectivity index (χ4n) is 1.37. The number of nitrogens with one attached hydrogen (secondary N) is 1. The van der Waals surface area contributed by atoms with Crippen molar-refractivity contribution in [3.8, 4) is 0 Å². The van der Waals surface area contributed by atoms with Crippen molar-refractivity contribution >= 4 is 26.7 Å². The molecule has 0 bridgehead atoms. The molecule has 0 aromatic heterocycles. The van der Waals surface area contributed by atoms with Crippen LogP contribution in [0.4, 0.5) is 4.39 Å². The van der Waals surface area contributed by atoms with Gasteiger partial charge in [-0.3, -0.25) is 4.21 Å². The van der Waals surface area contributed by atoms with Crippen molar-refractivity contribution in [1.82, 2.24) is 5.32 Å². The molecule has 1 aromatic carbocycles. The molecule has 1 rings (SSSR count). The molecule has 16 heavy (non-hydrogen) atoms. The van der Waals surface area contributed by atoms with E-state index in [0.717, 1.165) is 4.47 Å². The molecule has 1 N–H and O–H groups in total. The molecule has 2 atom stereocenters. The van der Waals surface area contributed by atoms with Crippen molar-refractivity contribution in [2.45, 2.75) is 19.5 Å². The third-order valence-electron chi connectivity index (χ3n) is 2.13. The normalized spacial score (nSPS) is 14.8. The van der Waals surface area contributed by atoms with Crippen LogP contribution in [-0.2, 0) is 17.3 Å². The molecule has 0 amide bonds. The standard InChI is InChI=1S/C11H15BrFNOS/c1-8(7-16(2)15)14-6-9-5-10(12)3-4-11(9)13/h3-5,8,14H,6-7H2,1-2H3. The SMILES string of the molecule is CC(CS(C)=O)NCc1cc(Br)ccc1F. The summed E-state index contributed by atoms with van der Waals surface area (Å²) in [7, 11) is -0.829. The second kappa shape index (κ2) is 6.47. The first kappa shape index (κ1) is 13.8. The van der Waals surface area contributed by atoms with Crippen LogP contribution in [-0.4, -0.2) is 22.3 Å². The highest BCUT2D eigenvalue weighted by Crippen LogP contribution is 2.15. The fourth-order valence-corrected chi connectivity index (χ4v) is 2.60. The minimum Gasteiger partial charge on any atom is -0.309 e. The minimum atomic E-state index is -0.829. The monoisotopic (exact) mass is 307 g/mol. The van der Waals surface area contributed by atoms with E-state index in [0.29, 0.717) is 17.9 Å². The molecule has 0 heterocycles. The minimum absolute atomic E-state index is 0.115. The van der Waals surface area contributed by atoms with E-state index in [1.807, 2.05) is 6.92 Å². The molecule has 0 aliphatic carbocycles. The van der Waals surface area contributed by atoms with E-state index in [1.165, 1.54) is 6.07 Å². The maximum atomic E-state index is 13.4. The van der Waals surface area contributed by atoms with Crippen molar-refractivity contribution in [1.29, 1.82) is 0 Å². The van der Waals surface area contributed by atoms with Crippen LogP contribution in [0.5, 0.6) is 0 Å². The number of hydrogen-bond donors (Lipinski definition) is 1. The van der Waals surface area contributed by atoms with Gasteiger partial charge in [0.15, 0.2) is 0 Å². The van der Waals surface area contributed by atoms with Crippen molar-refractivity contribution in [2.24, 2.45) is 0 Å². The summed E-state index contributed by atoms with van der Waals surface area (Å²) in [6, 6.07) is 4.97. The van der Waals surface area contributed by atoms with Gasteiger partial charge in [-0.15, -0.1) is 0 Å². The Morgan fingerprint density at radius 1 is 1.56 bits per heavy atom. The Hall–Kier alpha value is -0.260. The van der Waals surface area contributed by atoms with Crippen LogP contribution in [0.3, 0.4) is 0 Å². The van der Waals surface area contributed by atoms with Crippen LogP contribution in [0.1, 0.15) is 12.5 Å². The van der Waals surface area contributed by atoms with Gasteiger partial charge in [-0.2, -0.15) is 0 Å². The number of hydrogen-bond acceptors (Lipinski definition) is 2. The van der Waals surface area contributed by atoms with E-state index < -0.39 is 10.8 Å². The quantitative estimate of drug-likeness (QED) is 0.905. The zero-order valence-electron chi connectivity index (χ0n) is 9.30. The van der Waals surface area contributed by atoms with E-state index in [-0.39, 0.29) is 11.9 Å². The summed E-state index contributed by atoms with van der Waals surface area (Å²) in [6.45, 7) is 2.39. The number of rotatable bonds is 5. The van der Waals surface area contributed by atoms with Gasteiger partial charge in [-0.05, 0) is 25.1 Å². The first-order chi connectivity index (χ1) is 7.49. The number of benzene rings is 1. The summed E-state index contributed by atoms with van der Waals surface area (Å²) in [5.74, 6) is 0.357. The summed E-state index contributed by atoms with van der Waals surface area (Å²) < 4.78 is 25.2. The Kier molecular flexibility index (Phi) is 5.58. The third-order valence-corrected chi connectivity index (χ3v) is 3.60. The van der Waals surface area contributed by atoms with Gasteiger partial charge < -0.3 is 5.32 Å². The fraction of sp³-hybridized carbons (Fsp3) is 0.455. The highest BCUT2D eigenvalue weighted by molar-refractivity contribution is 9.10. The Labute approximate surface area is 106 Å². The highest BCUT2D eigenvalue weighted by Gasteiger charge is 2.06. The van der Waals surface area contributed by atoms with Gasteiger partial charge in [0, 0.05) is 45.4 Å². The molecule has 0 fully saturated rings. The molecule has 0 radical (unpaired) electrons. The van der Waals surface area contributed by atoms with E-state index in [4.69, 9.17) is 0 Å².